The molecule has 0 saturated carbocycles. The summed E-state index contributed by atoms with van der Waals surface area (Å²) in [4.78, 5) is 21.6. The lowest BCUT2D eigenvalue weighted by atomic mass is 9.97. The first-order valence-corrected chi connectivity index (χ1v) is 12.9. The highest BCUT2D eigenvalue weighted by atomic mass is 32.1. The summed E-state index contributed by atoms with van der Waals surface area (Å²) in [5.74, 6) is -0.458. The van der Waals surface area contributed by atoms with E-state index in [4.69, 9.17) is 0 Å². The van der Waals surface area contributed by atoms with Crippen molar-refractivity contribution in [3.8, 4) is 11.1 Å². The van der Waals surface area contributed by atoms with Gasteiger partial charge in [-0.25, -0.2) is 4.98 Å². The number of amides is 1. The molecule has 0 unspecified atom stereocenters. The van der Waals surface area contributed by atoms with E-state index in [2.05, 4.69) is 15.2 Å². The summed E-state index contributed by atoms with van der Waals surface area (Å²) in [6.45, 7) is 5.28. The van der Waals surface area contributed by atoms with Crippen LogP contribution >= 0.6 is 11.3 Å². The molecule has 1 N–H and O–H groups in total. The van der Waals surface area contributed by atoms with E-state index in [0.29, 0.717) is 5.56 Å². The second-order valence-corrected chi connectivity index (χ2v) is 10.4. The summed E-state index contributed by atoms with van der Waals surface area (Å²) < 4.78 is 42.8. The Morgan fingerprint density at radius 3 is 2.57 bits per heavy atom. The highest BCUT2D eigenvalue weighted by molar-refractivity contribution is 7.16. The molecular weight excluding hydrogens is 497 g/mol. The van der Waals surface area contributed by atoms with Crippen molar-refractivity contribution in [3.63, 3.8) is 0 Å². The lowest BCUT2D eigenvalue weighted by molar-refractivity contribution is -0.138. The van der Waals surface area contributed by atoms with Crippen molar-refractivity contribution in [1.82, 2.24) is 14.8 Å². The number of benzene rings is 3. The summed E-state index contributed by atoms with van der Waals surface area (Å²) in [6, 6.07) is 15.3. The number of halogens is 3. The largest absolute Gasteiger partial charge is 0.416 e. The second-order valence-electron chi connectivity index (χ2n) is 9.47. The Balaban J connectivity index is 1.38. The zero-order valence-electron chi connectivity index (χ0n) is 20.6. The minimum atomic E-state index is -4.52. The topological polar surface area (TPSA) is 48.5 Å². The molecular formula is C28H27F3N4OS. The Bertz CT molecular complexity index is 1440. The van der Waals surface area contributed by atoms with E-state index < -0.39 is 17.6 Å². The van der Waals surface area contributed by atoms with Gasteiger partial charge in [0.2, 0.25) is 0 Å². The number of likely N-dealkylation sites (N-methyl/N-ethyl adjacent to an activating group) is 1. The molecule has 37 heavy (non-hydrogen) atoms. The van der Waals surface area contributed by atoms with E-state index in [0.717, 1.165) is 59.2 Å². The van der Waals surface area contributed by atoms with E-state index in [-0.39, 0.29) is 17.8 Å². The molecule has 0 radical (unpaired) electrons. The van der Waals surface area contributed by atoms with Gasteiger partial charge in [-0.15, -0.1) is 11.3 Å². The van der Waals surface area contributed by atoms with Crippen molar-refractivity contribution in [2.75, 3.05) is 38.5 Å². The van der Waals surface area contributed by atoms with Crippen LogP contribution in [-0.2, 0) is 12.7 Å². The number of hydrogen-bond acceptors (Lipinski definition) is 5. The lowest BCUT2D eigenvalue weighted by Gasteiger charge is -2.33. The third kappa shape index (κ3) is 5.69. The fourth-order valence-corrected chi connectivity index (χ4v) is 5.32. The minimum Gasteiger partial charge on any atom is -0.322 e. The van der Waals surface area contributed by atoms with Crippen LogP contribution in [0.4, 0.5) is 18.9 Å². The number of piperazine rings is 1. The van der Waals surface area contributed by atoms with Crippen LogP contribution in [-0.4, -0.2) is 53.9 Å². The van der Waals surface area contributed by atoms with Gasteiger partial charge in [0.15, 0.2) is 0 Å². The van der Waals surface area contributed by atoms with Crippen molar-refractivity contribution in [3.05, 3.63) is 82.4 Å². The van der Waals surface area contributed by atoms with Crippen molar-refractivity contribution < 1.29 is 18.0 Å². The molecule has 9 heteroatoms. The molecule has 4 aromatic rings. The van der Waals surface area contributed by atoms with E-state index >= 15 is 0 Å². The zero-order chi connectivity index (χ0) is 26.2. The molecule has 5 nitrogen and oxygen atoms in total. The average Bonchev–Trinajstić information content (AvgIpc) is 3.34. The number of nitrogens with zero attached hydrogens (tertiary/aromatic N) is 3. The predicted octanol–water partition coefficient (Wildman–Crippen LogP) is 6.29. The zero-order valence-corrected chi connectivity index (χ0v) is 21.4. The van der Waals surface area contributed by atoms with Crippen LogP contribution in [0.1, 0.15) is 27.0 Å². The second kappa shape index (κ2) is 10.2. The summed E-state index contributed by atoms with van der Waals surface area (Å²) in [5.41, 5.74) is 5.53. The fourth-order valence-electron chi connectivity index (χ4n) is 4.60. The SMILES string of the molecule is Cc1ccc(C(=O)Nc2ccc(CN3CCN(C)CC3)c(C(F)(F)F)c2)cc1-c1ccc2ncsc2c1. The van der Waals surface area contributed by atoms with Crippen molar-refractivity contribution in [2.24, 2.45) is 0 Å². The highest BCUT2D eigenvalue weighted by Gasteiger charge is 2.34. The molecule has 5 rings (SSSR count). The maximum atomic E-state index is 13.9. The van der Waals surface area contributed by atoms with E-state index in [1.165, 1.54) is 6.07 Å². The van der Waals surface area contributed by atoms with Crippen molar-refractivity contribution >= 4 is 33.1 Å². The van der Waals surface area contributed by atoms with Gasteiger partial charge in [-0.3, -0.25) is 9.69 Å². The molecule has 3 aromatic carbocycles. The fraction of sp³-hybridized carbons (Fsp3) is 0.286. The van der Waals surface area contributed by atoms with Gasteiger partial charge >= 0.3 is 6.18 Å². The Morgan fingerprint density at radius 1 is 1.03 bits per heavy atom. The van der Waals surface area contributed by atoms with Crippen LogP contribution in [0.15, 0.2) is 60.1 Å². The van der Waals surface area contributed by atoms with Crippen LogP contribution in [0, 0.1) is 6.92 Å². The number of carbonyl (C=O) groups excluding carboxylic acids is 1. The number of thiazole rings is 1. The maximum Gasteiger partial charge on any atom is 0.416 e. The number of fused-ring (bicyclic) bond motifs is 1. The monoisotopic (exact) mass is 524 g/mol. The van der Waals surface area contributed by atoms with Crippen molar-refractivity contribution in [1.29, 1.82) is 0 Å². The Kier molecular flexibility index (Phi) is 7.02. The van der Waals surface area contributed by atoms with Crippen LogP contribution in [0.25, 0.3) is 21.3 Å². The molecule has 1 amide bonds. The normalized spacial score (nSPS) is 15.3. The van der Waals surface area contributed by atoms with Gasteiger partial charge in [0, 0.05) is 44.0 Å². The molecule has 0 bridgehead atoms. The summed E-state index contributed by atoms with van der Waals surface area (Å²) in [6.07, 6.45) is -4.52. The van der Waals surface area contributed by atoms with Gasteiger partial charge in [0.05, 0.1) is 21.3 Å². The molecule has 1 fully saturated rings. The van der Waals surface area contributed by atoms with Gasteiger partial charge in [0.25, 0.3) is 5.91 Å². The number of aromatic nitrogens is 1. The number of rotatable bonds is 5. The first kappa shape index (κ1) is 25.4. The highest BCUT2D eigenvalue weighted by Crippen LogP contribution is 2.35. The van der Waals surface area contributed by atoms with Gasteiger partial charge in [-0.1, -0.05) is 18.2 Å². The first-order chi connectivity index (χ1) is 17.7. The molecule has 192 valence electrons. The lowest BCUT2D eigenvalue weighted by Crippen LogP contribution is -2.44. The van der Waals surface area contributed by atoms with E-state index in [9.17, 15) is 18.0 Å². The standard InChI is InChI=1S/C28H27F3N4OS/c1-18-3-4-20(13-23(18)19-6-8-25-26(14-19)37-17-32-25)27(36)33-22-7-5-21(24(15-22)28(29,30)31)16-35-11-9-34(2)10-12-35/h3-8,13-15,17H,9-12,16H2,1-2H3,(H,33,36). The number of aryl methyl sites for hydroxylation is 1. The molecule has 1 aromatic heterocycles. The molecule has 2 heterocycles. The predicted molar refractivity (Wildman–Crippen MR) is 142 cm³/mol. The van der Waals surface area contributed by atoms with E-state index in [1.807, 2.05) is 43.1 Å². The molecule has 0 aliphatic carbocycles. The van der Waals surface area contributed by atoms with Gasteiger partial charge in [-0.2, -0.15) is 13.2 Å². The summed E-state index contributed by atoms with van der Waals surface area (Å²) in [5, 5.41) is 2.66. The third-order valence-electron chi connectivity index (χ3n) is 6.81. The quantitative estimate of drug-likeness (QED) is 0.333. The minimum absolute atomic E-state index is 0.118. The van der Waals surface area contributed by atoms with E-state index in [1.54, 1.807) is 35.0 Å². The number of alkyl halides is 3. The number of hydrogen-bond donors (Lipinski definition) is 1. The molecule has 1 aliphatic rings. The summed E-state index contributed by atoms with van der Waals surface area (Å²) in [7, 11) is 2.01. The molecule has 1 aliphatic heterocycles. The number of carbonyl (C=O) groups is 1. The first-order valence-electron chi connectivity index (χ1n) is 12.0. The number of nitrogens with one attached hydrogen (secondary N) is 1. The van der Waals surface area contributed by atoms with Gasteiger partial charge in [-0.05, 0) is 72.6 Å². The molecule has 0 spiro atoms. The number of anilines is 1. The average molecular weight is 525 g/mol. The van der Waals surface area contributed by atoms with Crippen LogP contribution in [0.5, 0.6) is 0 Å². The molecule has 1 saturated heterocycles. The smallest absolute Gasteiger partial charge is 0.322 e. The van der Waals surface area contributed by atoms with Crippen LogP contribution < -0.4 is 5.32 Å². The Hall–Kier alpha value is -3.27. The van der Waals surface area contributed by atoms with Crippen LogP contribution in [0.3, 0.4) is 0 Å². The van der Waals surface area contributed by atoms with Gasteiger partial charge < -0.3 is 10.2 Å². The Morgan fingerprint density at radius 2 is 1.81 bits per heavy atom. The van der Waals surface area contributed by atoms with Crippen molar-refractivity contribution in [2.45, 2.75) is 19.6 Å². The molecule has 0 atom stereocenters. The Labute approximate surface area is 217 Å². The van der Waals surface area contributed by atoms with Crippen LogP contribution in [0.2, 0.25) is 0 Å². The third-order valence-corrected chi connectivity index (χ3v) is 7.60. The van der Waals surface area contributed by atoms with Gasteiger partial charge in [0.1, 0.15) is 0 Å². The summed E-state index contributed by atoms with van der Waals surface area (Å²) >= 11 is 1.54. The maximum absolute atomic E-state index is 13.9.